The minimum atomic E-state index is 0.241. The van der Waals surface area contributed by atoms with Gasteiger partial charge >= 0.3 is 0 Å². The van der Waals surface area contributed by atoms with Gasteiger partial charge in [0.2, 0.25) is 0 Å². The van der Waals surface area contributed by atoms with Crippen molar-refractivity contribution in [3.05, 3.63) is 59.2 Å². The number of aliphatic hydroxyl groups is 1. The minimum Gasteiger partial charge on any atom is -0.493 e. The molecule has 2 aliphatic heterocycles. The molecule has 0 amide bonds. The molecule has 4 rings (SSSR count). The quantitative estimate of drug-likeness (QED) is 0.669. The van der Waals surface area contributed by atoms with Crippen LogP contribution in [0.3, 0.4) is 0 Å². The molecule has 5 nitrogen and oxygen atoms in total. The molecule has 2 heterocycles. The molecule has 0 spiro atoms. The number of rotatable bonds is 8. The summed E-state index contributed by atoms with van der Waals surface area (Å²) in [7, 11) is 3.39. The molecule has 2 aromatic rings. The largest absolute Gasteiger partial charge is 0.493 e. The molecule has 1 saturated heterocycles. The Kier molecular flexibility index (Phi) is 6.93. The average Bonchev–Trinajstić information content (AvgIpc) is 2.80. The van der Waals surface area contributed by atoms with Gasteiger partial charge in [-0.2, -0.15) is 0 Å². The molecule has 2 aromatic carbocycles. The van der Waals surface area contributed by atoms with Crippen LogP contribution in [0.2, 0.25) is 0 Å². The standard InChI is InChI=1S/C25H33NO4/c1-28-24-13-20-8-10-26-15-21(16-27)19(12-23(26)22(20)14-25(24)29-2)9-11-30-17-18-6-4-3-5-7-18/h3-7,13-14,19,21,23,27H,8-12,15-17H2,1-2H3/t19-,21+,23-/m0/s1. The molecule has 2 aliphatic rings. The summed E-state index contributed by atoms with van der Waals surface area (Å²) in [5, 5.41) is 10.0. The Morgan fingerprint density at radius 1 is 1.03 bits per heavy atom. The highest BCUT2D eigenvalue weighted by Crippen LogP contribution is 2.45. The number of ether oxygens (including phenoxy) is 3. The number of hydrogen-bond acceptors (Lipinski definition) is 5. The smallest absolute Gasteiger partial charge is 0.161 e. The zero-order valence-electron chi connectivity index (χ0n) is 18.0. The highest BCUT2D eigenvalue weighted by atomic mass is 16.5. The Morgan fingerprint density at radius 2 is 1.80 bits per heavy atom. The fourth-order valence-electron chi connectivity index (χ4n) is 5.06. The molecular weight excluding hydrogens is 378 g/mol. The van der Waals surface area contributed by atoms with E-state index < -0.39 is 0 Å². The zero-order chi connectivity index (χ0) is 20.9. The fourth-order valence-corrected chi connectivity index (χ4v) is 5.06. The van der Waals surface area contributed by atoms with E-state index in [2.05, 4.69) is 29.2 Å². The van der Waals surface area contributed by atoms with Gasteiger partial charge in [-0.25, -0.2) is 0 Å². The van der Waals surface area contributed by atoms with Crippen LogP contribution >= 0.6 is 0 Å². The van der Waals surface area contributed by atoms with Crippen LogP contribution in [-0.2, 0) is 17.8 Å². The third-order valence-electron chi connectivity index (χ3n) is 6.75. The molecule has 0 aromatic heterocycles. The zero-order valence-corrected chi connectivity index (χ0v) is 18.0. The molecule has 0 unspecified atom stereocenters. The molecule has 0 bridgehead atoms. The number of benzene rings is 2. The van der Waals surface area contributed by atoms with E-state index in [4.69, 9.17) is 14.2 Å². The van der Waals surface area contributed by atoms with Crippen molar-refractivity contribution in [3.63, 3.8) is 0 Å². The molecular formula is C25H33NO4. The highest BCUT2D eigenvalue weighted by Gasteiger charge is 2.38. The Balaban J connectivity index is 1.44. The molecule has 3 atom stereocenters. The van der Waals surface area contributed by atoms with Gasteiger partial charge in [-0.15, -0.1) is 0 Å². The summed E-state index contributed by atoms with van der Waals surface area (Å²) >= 11 is 0. The van der Waals surface area contributed by atoms with Crippen LogP contribution in [0.25, 0.3) is 0 Å². The minimum absolute atomic E-state index is 0.241. The number of piperidine rings is 1. The van der Waals surface area contributed by atoms with Crippen LogP contribution < -0.4 is 9.47 Å². The molecule has 0 aliphatic carbocycles. The van der Waals surface area contributed by atoms with Gasteiger partial charge in [0.25, 0.3) is 0 Å². The van der Waals surface area contributed by atoms with Crippen molar-refractivity contribution in [2.75, 3.05) is 40.5 Å². The third-order valence-corrected chi connectivity index (χ3v) is 6.75. The Hall–Kier alpha value is -2.08. The second-order valence-electron chi connectivity index (χ2n) is 8.43. The van der Waals surface area contributed by atoms with Crippen LogP contribution in [0.1, 0.15) is 35.6 Å². The predicted molar refractivity (Wildman–Crippen MR) is 117 cm³/mol. The molecule has 0 saturated carbocycles. The van der Waals surface area contributed by atoms with E-state index in [0.29, 0.717) is 24.5 Å². The molecule has 5 heteroatoms. The second-order valence-corrected chi connectivity index (χ2v) is 8.43. The number of nitrogens with zero attached hydrogens (tertiary/aromatic N) is 1. The maximum absolute atomic E-state index is 10.0. The van der Waals surface area contributed by atoms with Gasteiger partial charge < -0.3 is 19.3 Å². The van der Waals surface area contributed by atoms with Gasteiger partial charge in [0.05, 0.1) is 20.8 Å². The van der Waals surface area contributed by atoms with Crippen molar-refractivity contribution < 1.29 is 19.3 Å². The van der Waals surface area contributed by atoms with Crippen molar-refractivity contribution >= 4 is 0 Å². The van der Waals surface area contributed by atoms with E-state index in [1.165, 1.54) is 16.7 Å². The first kappa shape index (κ1) is 21.2. The van der Waals surface area contributed by atoms with Crippen LogP contribution in [-0.4, -0.2) is 50.5 Å². The first-order valence-electron chi connectivity index (χ1n) is 10.9. The lowest BCUT2D eigenvalue weighted by atomic mass is 9.76. The van der Waals surface area contributed by atoms with Crippen LogP contribution in [0.4, 0.5) is 0 Å². The summed E-state index contributed by atoms with van der Waals surface area (Å²) in [6, 6.07) is 15.0. The van der Waals surface area contributed by atoms with Crippen molar-refractivity contribution in [1.82, 2.24) is 4.90 Å². The van der Waals surface area contributed by atoms with Gasteiger partial charge in [-0.1, -0.05) is 30.3 Å². The number of hydrogen-bond donors (Lipinski definition) is 1. The molecule has 1 N–H and O–H groups in total. The number of fused-ring (bicyclic) bond motifs is 3. The lowest BCUT2D eigenvalue weighted by molar-refractivity contribution is 0.00705. The Morgan fingerprint density at radius 3 is 2.53 bits per heavy atom. The highest BCUT2D eigenvalue weighted by molar-refractivity contribution is 5.49. The van der Waals surface area contributed by atoms with Crippen LogP contribution in [0.5, 0.6) is 11.5 Å². The molecule has 162 valence electrons. The maximum atomic E-state index is 10.0. The summed E-state index contributed by atoms with van der Waals surface area (Å²) in [6.45, 7) is 3.58. The fraction of sp³-hybridized carbons (Fsp3) is 0.520. The topological polar surface area (TPSA) is 51.2 Å². The first-order chi connectivity index (χ1) is 14.7. The predicted octanol–water partition coefficient (Wildman–Crippen LogP) is 3.84. The van der Waals surface area contributed by atoms with E-state index in [1.54, 1.807) is 14.2 Å². The van der Waals surface area contributed by atoms with E-state index >= 15 is 0 Å². The Bertz CT molecular complexity index is 825. The Labute approximate surface area is 179 Å². The first-order valence-corrected chi connectivity index (χ1v) is 10.9. The monoisotopic (exact) mass is 411 g/mol. The van der Waals surface area contributed by atoms with Crippen molar-refractivity contribution in [3.8, 4) is 11.5 Å². The van der Waals surface area contributed by atoms with Gasteiger partial charge in [0.15, 0.2) is 11.5 Å². The third kappa shape index (κ3) is 4.48. The average molecular weight is 412 g/mol. The number of aliphatic hydroxyl groups excluding tert-OH is 1. The summed E-state index contributed by atoms with van der Waals surface area (Å²) in [6.07, 6.45) is 3.03. The van der Waals surface area contributed by atoms with E-state index in [9.17, 15) is 5.11 Å². The summed E-state index contributed by atoms with van der Waals surface area (Å²) in [5.41, 5.74) is 3.91. The van der Waals surface area contributed by atoms with E-state index in [-0.39, 0.29) is 6.61 Å². The number of methoxy groups -OCH3 is 2. The van der Waals surface area contributed by atoms with Gasteiger partial charge in [-0.3, -0.25) is 4.90 Å². The second kappa shape index (κ2) is 9.82. The SMILES string of the molecule is COc1cc2c(cc1OC)[C@@H]1C[C@H](CCOCc3ccccc3)[C@@H](CO)CN1CC2. The van der Waals surface area contributed by atoms with Crippen LogP contribution in [0.15, 0.2) is 42.5 Å². The lowest BCUT2D eigenvalue weighted by Gasteiger charge is -2.47. The normalized spacial score (nSPS) is 23.5. The maximum Gasteiger partial charge on any atom is 0.161 e. The van der Waals surface area contributed by atoms with Crippen LogP contribution in [0, 0.1) is 11.8 Å². The van der Waals surface area contributed by atoms with E-state index in [1.807, 2.05) is 18.2 Å². The van der Waals surface area contributed by atoms with Crippen molar-refractivity contribution in [2.24, 2.45) is 11.8 Å². The van der Waals surface area contributed by atoms with Crippen molar-refractivity contribution in [2.45, 2.75) is 31.9 Å². The summed E-state index contributed by atoms with van der Waals surface area (Å²) in [5.74, 6) is 2.36. The van der Waals surface area contributed by atoms with Crippen molar-refractivity contribution in [1.29, 1.82) is 0 Å². The van der Waals surface area contributed by atoms with E-state index in [0.717, 1.165) is 50.5 Å². The lowest BCUT2D eigenvalue weighted by Crippen LogP contribution is -2.47. The molecule has 30 heavy (non-hydrogen) atoms. The van der Waals surface area contributed by atoms with Gasteiger partial charge in [0.1, 0.15) is 0 Å². The summed E-state index contributed by atoms with van der Waals surface area (Å²) < 4.78 is 17.0. The summed E-state index contributed by atoms with van der Waals surface area (Å²) in [4.78, 5) is 2.54. The molecule has 0 radical (unpaired) electrons. The van der Waals surface area contributed by atoms with Gasteiger partial charge in [-0.05, 0) is 59.9 Å². The molecule has 1 fully saturated rings. The van der Waals surface area contributed by atoms with Gasteiger partial charge in [0, 0.05) is 32.3 Å².